The summed E-state index contributed by atoms with van der Waals surface area (Å²) in [6.07, 6.45) is 4.22. The summed E-state index contributed by atoms with van der Waals surface area (Å²) in [6, 6.07) is 8.20. The molecule has 0 radical (unpaired) electrons. The fraction of sp³-hybridized carbons (Fsp3) is 0.476. The zero-order chi connectivity index (χ0) is 18.5. The second kappa shape index (κ2) is 8.41. The number of carbonyl (C=O) groups excluding carboxylic acids is 1. The van der Waals surface area contributed by atoms with E-state index in [1.807, 2.05) is 30.2 Å². The van der Waals surface area contributed by atoms with E-state index in [0.717, 1.165) is 48.6 Å². The van der Waals surface area contributed by atoms with Crippen molar-refractivity contribution < 1.29 is 9.53 Å². The third-order valence-corrected chi connectivity index (χ3v) is 5.03. The van der Waals surface area contributed by atoms with Crippen molar-refractivity contribution in [1.82, 2.24) is 14.9 Å². The van der Waals surface area contributed by atoms with Crippen LogP contribution in [0.4, 0.5) is 0 Å². The van der Waals surface area contributed by atoms with Crippen LogP contribution in [-0.2, 0) is 22.6 Å². The van der Waals surface area contributed by atoms with Crippen molar-refractivity contribution in [3.63, 3.8) is 0 Å². The molecule has 138 valence electrons. The lowest BCUT2D eigenvalue weighted by Gasteiger charge is -2.32. The quantitative estimate of drug-likeness (QED) is 0.828. The molecular weight excluding hydrogens is 326 g/mol. The maximum atomic E-state index is 12.6. The van der Waals surface area contributed by atoms with Gasteiger partial charge in [0.05, 0.1) is 18.7 Å². The van der Waals surface area contributed by atoms with Crippen LogP contribution in [0.2, 0.25) is 0 Å². The van der Waals surface area contributed by atoms with E-state index in [-0.39, 0.29) is 5.91 Å². The van der Waals surface area contributed by atoms with Crippen LogP contribution in [-0.4, -0.2) is 41.0 Å². The van der Waals surface area contributed by atoms with E-state index >= 15 is 0 Å². The zero-order valence-electron chi connectivity index (χ0n) is 15.9. The minimum atomic E-state index is 0.211. The maximum absolute atomic E-state index is 12.6. The molecule has 0 atom stereocenters. The molecule has 1 saturated heterocycles. The number of carbonyl (C=O) groups is 1. The van der Waals surface area contributed by atoms with Crippen molar-refractivity contribution in [1.29, 1.82) is 0 Å². The number of piperidine rings is 1. The van der Waals surface area contributed by atoms with Crippen molar-refractivity contribution in [3.05, 3.63) is 58.7 Å². The second-order valence-corrected chi connectivity index (χ2v) is 7.08. The number of nitrogens with zero attached hydrogens (tertiary/aromatic N) is 3. The largest absolute Gasteiger partial charge is 0.380 e. The molecule has 0 bridgehead atoms. The Bertz CT molecular complexity index is 750. The predicted octanol–water partition coefficient (Wildman–Crippen LogP) is 3.19. The van der Waals surface area contributed by atoms with Gasteiger partial charge in [-0.3, -0.25) is 4.79 Å². The normalized spacial score (nSPS) is 15.3. The molecule has 1 fully saturated rings. The lowest BCUT2D eigenvalue weighted by atomic mass is 9.90. The van der Waals surface area contributed by atoms with E-state index in [4.69, 9.17) is 4.74 Å². The van der Waals surface area contributed by atoms with E-state index in [2.05, 4.69) is 29.0 Å². The third-order valence-electron chi connectivity index (χ3n) is 5.03. The zero-order valence-corrected chi connectivity index (χ0v) is 15.9. The van der Waals surface area contributed by atoms with Gasteiger partial charge in [-0.05, 0) is 32.3 Å². The molecule has 1 aromatic heterocycles. The molecule has 1 aliphatic rings. The van der Waals surface area contributed by atoms with Gasteiger partial charge in [0.25, 0.3) is 0 Å². The highest BCUT2D eigenvalue weighted by molar-refractivity contribution is 5.78. The number of hydrogen-bond acceptors (Lipinski definition) is 4. The van der Waals surface area contributed by atoms with Crippen LogP contribution >= 0.6 is 0 Å². The Balaban J connectivity index is 1.61. The van der Waals surface area contributed by atoms with E-state index in [9.17, 15) is 4.79 Å². The van der Waals surface area contributed by atoms with Gasteiger partial charge >= 0.3 is 0 Å². The van der Waals surface area contributed by atoms with E-state index in [1.165, 1.54) is 5.56 Å². The highest BCUT2D eigenvalue weighted by atomic mass is 16.5. The Morgan fingerprint density at radius 3 is 2.54 bits per heavy atom. The number of amides is 1. The molecule has 3 rings (SSSR count). The summed E-state index contributed by atoms with van der Waals surface area (Å²) in [5.74, 6) is 1.37. The number of ether oxygens (including phenoxy) is 1. The van der Waals surface area contributed by atoms with Gasteiger partial charge in [0.2, 0.25) is 5.91 Å². The number of hydrogen-bond donors (Lipinski definition) is 0. The minimum absolute atomic E-state index is 0.211. The van der Waals surface area contributed by atoms with Gasteiger partial charge in [-0.15, -0.1) is 0 Å². The fourth-order valence-corrected chi connectivity index (χ4v) is 3.53. The first-order valence-electron chi connectivity index (χ1n) is 9.21. The van der Waals surface area contributed by atoms with Crippen LogP contribution in [0, 0.1) is 13.8 Å². The van der Waals surface area contributed by atoms with Crippen molar-refractivity contribution in [3.8, 4) is 0 Å². The molecule has 1 amide bonds. The van der Waals surface area contributed by atoms with Gasteiger partial charge < -0.3 is 9.64 Å². The highest BCUT2D eigenvalue weighted by Crippen LogP contribution is 2.29. The average Bonchev–Trinajstić information content (AvgIpc) is 2.65. The Morgan fingerprint density at radius 1 is 1.19 bits per heavy atom. The summed E-state index contributed by atoms with van der Waals surface area (Å²) in [5, 5.41) is 0. The monoisotopic (exact) mass is 353 g/mol. The van der Waals surface area contributed by atoms with Gasteiger partial charge in [-0.2, -0.15) is 0 Å². The van der Waals surface area contributed by atoms with Crippen LogP contribution in [0.5, 0.6) is 0 Å². The molecule has 0 saturated carbocycles. The van der Waals surface area contributed by atoms with E-state index in [0.29, 0.717) is 18.9 Å². The number of benzene rings is 1. The Hall–Kier alpha value is -2.27. The van der Waals surface area contributed by atoms with Gasteiger partial charge in [0.15, 0.2) is 0 Å². The molecule has 26 heavy (non-hydrogen) atoms. The number of likely N-dealkylation sites (tertiary alicyclic amines) is 1. The predicted molar refractivity (Wildman–Crippen MR) is 101 cm³/mol. The first-order valence-corrected chi connectivity index (χ1v) is 9.21. The van der Waals surface area contributed by atoms with Gasteiger partial charge in [-0.25, -0.2) is 9.97 Å². The van der Waals surface area contributed by atoms with Crippen LogP contribution in [0.15, 0.2) is 30.5 Å². The molecule has 2 heterocycles. The van der Waals surface area contributed by atoms with Crippen molar-refractivity contribution in [2.45, 2.75) is 45.6 Å². The summed E-state index contributed by atoms with van der Waals surface area (Å²) >= 11 is 0. The lowest BCUT2D eigenvalue weighted by Crippen LogP contribution is -2.39. The molecule has 0 spiro atoms. The van der Waals surface area contributed by atoms with Crippen molar-refractivity contribution >= 4 is 5.91 Å². The van der Waals surface area contributed by atoms with Crippen LogP contribution in [0.1, 0.15) is 47.0 Å². The topological polar surface area (TPSA) is 55.3 Å². The molecule has 2 aromatic rings. The van der Waals surface area contributed by atoms with Gasteiger partial charge in [-0.1, -0.05) is 29.8 Å². The summed E-state index contributed by atoms with van der Waals surface area (Å²) < 4.78 is 5.29. The van der Waals surface area contributed by atoms with E-state index < -0.39 is 0 Å². The van der Waals surface area contributed by atoms with Gasteiger partial charge in [0.1, 0.15) is 5.82 Å². The lowest BCUT2D eigenvalue weighted by molar-refractivity contribution is -0.131. The Labute approximate surface area is 155 Å². The first kappa shape index (κ1) is 18.5. The fourth-order valence-electron chi connectivity index (χ4n) is 3.53. The van der Waals surface area contributed by atoms with Crippen molar-refractivity contribution in [2.75, 3.05) is 20.2 Å². The smallest absolute Gasteiger partial charge is 0.226 e. The summed E-state index contributed by atoms with van der Waals surface area (Å²) in [4.78, 5) is 23.5. The van der Waals surface area contributed by atoms with Crippen LogP contribution in [0.3, 0.4) is 0 Å². The summed E-state index contributed by atoms with van der Waals surface area (Å²) in [5.41, 5.74) is 4.44. The Morgan fingerprint density at radius 2 is 1.88 bits per heavy atom. The average molecular weight is 353 g/mol. The molecule has 0 N–H and O–H groups in total. The summed E-state index contributed by atoms with van der Waals surface area (Å²) in [7, 11) is 1.69. The third kappa shape index (κ3) is 4.47. The minimum Gasteiger partial charge on any atom is -0.380 e. The second-order valence-electron chi connectivity index (χ2n) is 7.08. The molecule has 1 aliphatic heterocycles. The van der Waals surface area contributed by atoms with Crippen LogP contribution < -0.4 is 0 Å². The van der Waals surface area contributed by atoms with Crippen molar-refractivity contribution in [2.24, 2.45) is 0 Å². The molecular formula is C21H27N3O2. The maximum Gasteiger partial charge on any atom is 0.226 e. The highest BCUT2D eigenvalue weighted by Gasteiger charge is 2.26. The molecule has 5 heteroatoms. The SMILES string of the molecule is COCc1cnc(C)nc1C1CCN(C(=O)Cc2ccc(C)cc2)CC1. The summed E-state index contributed by atoms with van der Waals surface area (Å²) in [6.45, 7) is 6.07. The molecule has 1 aromatic carbocycles. The first-order chi connectivity index (χ1) is 12.6. The number of aromatic nitrogens is 2. The number of rotatable bonds is 5. The Kier molecular flexibility index (Phi) is 5.99. The standard InChI is InChI=1S/C21H27N3O2/c1-15-4-6-17(7-5-15)12-20(25)24-10-8-18(9-11-24)21-19(14-26-3)13-22-16(2)23-21/h4-7,13,18H,8-12,14H2,1-3H3. The molecule has 0 unspecified atom stereocenters. The van der Waals surface area contributed by atoms with Gasteiger partial charge in [0, 0.05) is 37.9 Å². The van der Waals surface area contributed by atoms with Crippen LogP contribution in [0.25, 0.3) is 0 Å². The van der Waals surface area contributed by atoms with E-state index in [1.54, 1.807) is 7.11 Å². The number of aryl methyl sites for hydroxylation is 2. The number of methoxy groups -OCH3 is 1. The molecule has 5 nitrogen and oxygen atoms in total. The molecule has 0 aliphatic carbocycles.